The third-order valence-corrected chi connectivity index (χ3v) is 5.45. The van der Waals surface area contributed by atoms with Crippen molar-refractivity contribution in [2.75, 3.05) is 0 Å². The zero-order chi connectivity index (χ0) is 13.6. The number of imidazole rings is 1. The number of fused-ring (bicyclic) bond motifs is 1. The number of para-hydroxylation sites is 1. The molecule has 2 aromatic heterocycles. The van der Waals surface area contributed by atoms with Crippen LogP contribution in [-0.4, -0.2) is 9.55 Å². The van der Waals surface area contributed by atoms with Crippen LogP contribution in [0, 0.1) is 0 Å². The smallest absolute Gasteiger partial charge is 0.142 e. The Hall–Kier alpha value is -0.690. The van der Waals surface area contributed by atoms with E-state index in [1.807, 2.05) is 19.2 Å². The van der Waals surface area contributed by atoms with E-state index in [0.717, 1.165) is 35.6 Å². The van der Waals surface area contributed by atoms with E-state index in [1.54, 1.807) is 11.3 Å². The first-order valence-corrected chi connectivity index (χ1v) is 8.11. The van der Waals surface area contributed by atoms with Gasteiger partial charge in [0.25, 0.3) is 0 Å². The average Bonchev–Trinajstić information content (AvgIpc) is 2.90. The second-order valence-electron chi connectivity index (χ2n) is 4.22. The first kappa shape index (κ1) is 13.3. The summed E-state index contributed by atoms with van der Waals surface area (Å²) in [5.74, 6) is 0.949. The number of nitrogens with two attached hydrogens (primary N) is 1. The van der Waals surface area contributed by atoms with Gasteiger partial charge in [0, 0.05) is 19.2 Å². The quantitative estimate of drug-likeness (QED) is 0.697. The van der Waals surface area contributed by atoms with Gasteiger partial charge in [0.1, 0.15) is 5.82 Å². The second-order valence-corrected chi connectivity index (χ2v) is 7.97. The Bertz CT molecular complexity index is 761. The summed E-state index contributed by atoms with van der Waals surface area (Å²) in [5, 5.41) is 0. The Kier molecular flexibility index (Phi) is 3.51. The first-order chi connectivity index (χ1) is 9.11. The van der Waals surface area contributed by atoms with Gasteiger partial charge in [0.2, 0.25) is 0 Å². The SMILES string of the molecule is Cn1c(-c2cc(Br)sc2Br)nc2c(CN)cccc21. The lowest BCUT2D eigenvalue weighted by atomic mass is 10.2. The molecule has 3 aromatic rings. The van der Waals surface area contributed by atoms with Crippen molar-refractivity contribution >= 4 is 54.2 Å². The van der Waals surface area contributed by atoms with Gasteiger partial charge in [-0.05, 0) is 49.6 Å². The minimum atomic E-state index is 0.502. The van der Waals surface area contributed by atoms with Crippen LogP contribution in [0.4, 0.5) is 0 Å². The molecule has 0 bridgehead atoms. The summed E-state index contributed by atoms with van der Waals surface area (Å²) < 4.78 is 4.26. The first-order valence-electron chi connectivity index (χ1n) is 5.71. The number of nitrogens with zero attached hydrogens (tertiary/aromatic N) is 2. The summed E-state index contributed by atoms with van der Waals surface area (Å²) in [5.41, 5.74) is 10.0. The van der Waals surface area contributed by atoms with Gasteiger partial charge in [-0.3, -0.25) is 0 Å². The molecule has 0 fully saturated rings. The minimum absolute atomic E-state index is 0.502. The Morgan fingerprint density at radius 2 is 2.16 bits per heavy atom. The second kappa shape index (κ2) is 5.01. The van der Waals surface area contributed by atoms with Gasteiger partial charge >= 0.3 is 0 Å². The van der Waals surface area contributed by atoms with Crippen LogP contribution in [0.2, 0.25) is 0 Å². The van der Waals surface area contributed by atoms with Crippen LogP contribution in [0.15, 0.2) is 31.8 Å². The third kappa shape index (κ3) is 2.16. The molecule has 0 amide bonds. The predicted molar refractivity (Wildman–Crippen MR) is 87.3 cm³/mol. The number of halogens is 2. The fourth-order valence-electron chi connectivity index (χ4n) is 2.17. The van der Waals surface area contributed by atoms with Crippen molar-refractivity contribution in [2.45, 2.75) is 6.54 Å². The largest absolute Gasteiger partial charge is 0.327 e. The van der Waals surface area contributed by atoms with E-state index in [0.29, 0.717) is 6.54 Å². The molecule has 2 heterocycles. The van der Waals surface area contributed by atoms with Gasteiger partial charge in [-0.25, -0.2) is 4.98 Å². The lowest BCUT2D eigenvalue weighted by Gasteiger charge is -2.00. The molecule has 2 N–H and O–H groups in total. The van der Waals surface area contributed by atoms with Gasteiger partial charge in [-0.15, -0.1) is 11.3 Å². The molecule has 0 saturated carbocycles. The molecule has 3 rings (SSSR count). The highest BCUT2D eigenvalue weighted by Crippen LogP contribution is 2.39. The number of hydrogen-bond donors (Lipinski definition) is 1. The maximum absolute atomic E-state index is 5.78. The zero-order valence-electron chi connectivity index (χ0n) is 10.2. The van der Waals surface area contributed by atoms with Crippen LogP contribution >= 0.6 is 43.2 Å². The maximum atomic E-state index is 5.78. The Morgan fingerprint density at radius 3 is 2.79 bits per heavy atom. The zero-order valence-corrected chi connectivity index (χ0v) is 14.1. The molecular weight excluding hydrogens is 390 g/mol. The Labute approximate surface area is 131 Å². The molecule has 6 heteroatoms. The summed E-state index contributed by atoms with van der Waals surface area (Å²) in [6.07, 6.45) is 0. The number of rotatable bonds is 2. The van der Waals surface area contributed by atoms with E-state index in [9.17, 15) is 0 Å². The van der Waals surface area contributed by atoms with Crippen molar-refractivity contribution in [3.8, 4) is 11.4 Å². The fraction of sp³-hybridized carbons (Fsp3) is 0.154. The molecule has 19 heavy (non-hydrogen) atoms. The summed E-state index contributed by atoms with van der Waals surface area (Å²) >= 11 is 8.75. The molecule has 1 aromatic carbocycles. The van der Waals surface area contributed by atoms with Crippen molar-refractivity contribution in [3.63, 3.8) is 0 Å². The van der Waals surface area contributed by atoms with Crippen molar-refractivity contribution in [3.05, 3.63) is 37.4 Å². The summed E-state index contributed by atoms with van der Waals surface area (Å²) in [6.45, 7) is 0.502. The highest BCUT2D eigenvalue weighted by Gasteiger charge is 2.16. The van der Waals surface area contributed by atoms with Crippen molar-refractivity contribution < 1.29 is 0 Å². The van der Waals surface area contributed by atoms with Gasteiger partial charge in [-0.2, -0.15) is 0 Å². The average molecular weight is 401 g/mol. The van der Waals surface area contributed by atoms with E-state index in [2.05, 4.69) is 48.6 Å². The summed E-state index contributed by atoms with van der Waals surface area (Å²) in [7, 11) is 2.03. The normalized spacial score (nSPS) is 11.4. The van der Waals surface area contributed by atoms with Gasteiger partial charge in [0.05, 0.1) is 18.6 Å². The molecule has 0 aliphatic carbocycles. The number of aryl methyl sites for hydroxylation is 1. The van der Waals surface area contributed by atoms with Crippen LogP contribution in [0.5, 0.6) is 0 Å². The van der Waals surface area contributed by atoms with Gasteiger partial charge < -0.3 is 10.3 Å². The molecule has 0 spiro atoms. The molecule has 0 saturated heterocycles. The van der Waals surface area contributed by atoms with E-state index in [1.165, 1.54) is 0 Å². The predicted octanol–water partition coefficient (Wildman–Crippen LogP) is 4.29. The van der Waals surface area contributed by atoms with Gasteiger partial charge in [-0.1, -0.05) is 12.1 Å². The van der Waals surface area contributed by atoms with Gasteiger partial charge in [0.15, 0.2) is 0 Å². The van der Waals surface area contributed by atoms with E-state index >= 15 is 0 Å². The summed E-state index contributed by atoms with van der Waals surface area (Å²) in [6, 6.07) is 8.20. The van der Waals surface area contributed by atoms with Crippen molar-refractivity contribution in [2.24, 2.45) is 12.8 Å². The van der Waals surface area contributed by atoms with Crippen molar-refractivity contribution in [1.29, 1.82) is 0 Å². The maximum Gasteiger partial charge on any atom is 0.142 e. The lowest BCUT2D eigenvalue weighted by Crippen LogP contribution is -1.97. The van der Waals surface area contributed by atoms with Crippen LogP contribution in [0.25, 0.3) is 22.4 Å². The molecule has 98 valence electrons. The van der Waals surface area contributed by atoms with Crippen LogP contribution in [0.1, 0.15) is 5.56 Å². The monoisotopic (exact) mass is 399 g/mol. The number of aromatic nitrogens is 2. The number of benzene rings is 1. The summed E-state index contributed by atoms with van der Waals surface area (Å²) in [4.78, 5) is 4.77. The molecule has 0 atom stereocenters. The molecular formula is C13H11Br2N3S. The fourth-order valence-corrected chi connectivity index (χ4v) is 4.96. The molecule has 3 nitrogen and oxygen atoms in total. The molecule has 0 unspecified atom stereocenters. The molecule has 0 aliphatic rings. The standard InChI is InChI=1S/C13H11Br2N3S/c1-18-9-4-2-3-7(6-16)11(9)17-13(18)8-5-10(14)19-12(8)15/h2-5H,6,16H2,1H3. The number of thiophene rings is 1. The molecule has 0 radical (unpaired) electrons. The Balaban J connectivity index is 2.31. The highest BCUT2D eigenvalue weighted by molar-refractivity contribution is 9.12. The minimum Gasteiger partial charge on any atom is -0.327 e. The third-order valence-electron chi connectivity index (χ3n) is 3.11. The lowest BCUT2D eigenvalue weighted by molar-refractivity contribution is 0.959. The van der Waals surface area contributed by atoms with Crippen LogP contribution < -0.4 is 5.73 Å². The van der Waals surface area contributed by atoms with E-state index in [-0.39, 0.29) is 0 Å². The molecule has 0 aliphatic heterocycles. The van der Waals surface area contributed by atoms with Crippen LogP contribution in [-0.2, 0) is 13.6 Å². The topological polar surface area (TPSA) is 43.8 Å². The number of hydrogen-bond acceptors (Lipinski definition) is 3. The highest BCUT2D eigenvalue weighted by atomic mass is 79.9. The van der Waals surface area contributed by atoms with E-state index < -0.39 is 0 Å². The van der Waals surface area contributed by atoms with E-state index in [4.69, 9.17) is 10.7 Å². The van der Waals surface area contributed by atoms with Crippen LogP contribution in [0.3, 0.4) is 0 Å². The van der Waals surface area contributed by atoms with Crippen molar-refractivity contribution in [1.82, 2.24) is 9.55 Å². The Morgan fingerprint density at radius 1 is 1.37 bits per heavy atom.